The molecule has 1 rings (SSSR count). The quantitative estimate of drug-likeness (QED) is 0.678. The Morgan fingerprint density at radius 3 is 2.92 bits per heavy atom. The second kappa shape index (κ2) is 4.07. The van der Waals surface area contributed by atoms with E-state index in [-0.39, 0.29) is 12.6 Å². The van der Waals surface area contributed by atoms with Crippen molar-refractivity contribution in [1.82, 2.24) is 0 Å². The van der Waals surface area contributed by atoms with Gasteiger partial charge in [0.25, 0.3) is 0 Å². The van der Waals surface area contributed by atoms with Crippen molar-refractivity contribution in [2.75, 3.05) is 13.2 Å². The second-order valence-corrected chi connectivity index (χ2v) is 3.64. The molecule has 76 valence electrons. The van der Waals surface area contributed by atoms with Crippen LogP contribution < -0.4 is 5.73 Å². The predicted molar refractivity (Wildman–Crippen MR) is 48.4 cm³/mol. The van der Waals surface area contributed by atoms with Gasteiger partial charge in [0.1, 0.15) is 0 Å². The normalized spacial score (nSPS) is 34.5. The van der Waals surface area contributed by atoms with E-state index < -0.39 is 11.4 Å². The summed E-state index contributed by atoms with van der Waals surface area (Å²) in [6, 6.07) is 0. The van der Waals surface area contributed by atoms with Crippen molar-refractivity contribution in [3.8, 4) is 0 Å². The van der Waals surface area contributed by atoms with Crippen LogP contribution in [-0.2, 0) is 9.53 Å². The number of ether oxygens (including phenoxy) is 1. The molecule has 0 aromatic carbocycles. The largest absolute Gasteiger partial charge is 0.481 e. The van der Waals surface area contributed by atoms with Gasteiger partial charge in [-0.25, -0.2) is 0 Å². The Morgan fingerprint density at radius 2 is 2.46 bits per heavy atom. The van der Waals surface area contributed by atoms with Crippen LogP contribution in [0.4, 0.5) is 0 Å². The number of aliphatic carboxylic acids is 1. The molecule has 1 fully saturated rings. The minimum atomic E-state index is -0.781. The van der Waals surface area contributed by atoms with Crippen LogP contribution in [0.3, 0.4) is 0 Å². The Balaban J connectivity index is 2.69. The van der Waals surface area contributed by atoms with Crippen LogP contribution >= 0.6 is 0 Å². The van der Waals surface area contributed by atoms with E-state index in [1.807, 2.05) is 6.92 Å². The standard InChI is InChI=1S/C9H17NO3/c1-2-7-5-9(6-10,8(11)12)3-4-13-7/h7H,2-6,10H2,1H3,(H,11,12). The van der Waals surface area contributed by atoms with E-state index in [0.717, 1.165) is 6.42 Å². The van der Waals surface area contributed by atoms with Gasteiger partial charge in [-0.1, -0.05) is 6.92 Å². The Kier molecular flexibility index (Phi) is 3.27. The summed E-state index contributed by atoms with van der Waals surface area (Å²) >= 11 is 0. The van der Waals surface area contributed by atoms with E-state index in [1.54, 1.807) is 0 Å². The SMILES string of the molecule is CCC1CC(CN)(C(=O)O)CCO1. The Hall–Kier alpha value is -0.610. The molecule has 1 saturated heterocycles. The molecule has 1 aliphatic rings. The maximum atomic E-state index is 11.0. The fraction of sp³-hybridized carbons (Fsp3) is 0.889. The minimum absolute atomic E-state index is 0.0633. The number of rotatable bonds is 3. The van der Waals surface area contributed by atoms with E-state index in [4.69, 9.17) is 15.6 Å². The third-order valence-electron chi connectivity index (χ3n) is 2.85. The molecular formula is C9H17NO3. The lowest BCUT2D eigenvalue weighted by atomic mass is 9.77. The van der Waals surface area contributed by atoms with Crippen molar-refractivity contribution in [2.45, 2.75) is 32.3 Å². The number of hydrogen-bond acceptors (Lipinski definition) is 3. The molecule has 0 amide bonds. The Morgan fingerprint density at radius 1 is 1.77 bits per heavy atom. The summed E-state index contributed by atoms with van der Waals surface area (Å²) in [5, 5.41) is 9.07. The summed E-state index contributed by atoms with van der Waals surface area (Å²) in [4.78, 5) is 11.0. The van der Waals surface area contributed by atoms with Gasteiger partial charge in [-0.2, -0.15) is 0 Å². The third kappa shape index (κ3) is 2.00. The van der Waals surface area contributed by atoms with Crippen molar-refractivity contribution in [3.63, 3.8) is 0 Å². The lowest BCUT2D eigenvalue weighted by molar-refractivity contribution is -0.158. The summed E-state index contributed by atoms with van der Waals surface area (Å²) in [7, 11) is 0. The van der Waals surface area contributed by atoms with Crippen LogP contribution in [0.1, 0.15) is 26.2 Å². The van der Waals surface area contributed by atoms with Gasteiger partial charge in [0.2, 0.25) is 0 Å². The number of carboxylic acid groups (broad SMARTS) is 1. The van der Waals surface area contributed by atoms with E-state index in [2.05, 4.69) is 0 Å². The van der Waals surface area contributed by atoms with E-state index >= 15 is 0 Å². The average molecular weight is 187 g/mol. The van der Waals surface area contributed by atoms with Crippen molar-refractivity contribution in [3.05, 3.63) is 0 Å². The zero-order valence-corrected chi connectivity index (χ0v) is 7.95. The molecule has 1 heterocycles. The van der Waals surface area contributed by atoms with Crippen molar-refractivity contribution < 1.29 is 14.6 Å². The number of nitrogens with two attached hydrogens (primary N) is 1. The fourth-order valence-corrected chi connectivity index (χ4v) is 1.75. The van der Waals surface area contributed by atoms with Crippen LogP contribution in [0.15, 0.2) is 0 Å². The second-order valence-electron chi connectivity index (χ2n) is 3.64. The first-order valence-corrected chi connectivity index (χ1v) is 4.69. The molecular weight excluding hydrogens is 170 g/mol. The van der Waals surface area contributed by atoms with E-state index in [9.17, 15) is 4.79 Å². The van der Waals surface area contributed by atoms with E-state index in [1.165, 1.54) is 0 Å². The van der Waals surface area contributed by atoms with Gasteiger partial charge in [0.05, 0.1) is 11.5 Å². The lowest BCUT2D eigenvalue weighted by Crippen LogP contribution is -2.46. The highest BCUT2D eigenvalue weighted by Crippen LogP contribution is 2.33. The zero-order valence-electron chi connectivity index (χ0n) is 7.95. The first-order valence-electron chi connectivity index (χ1n) is 4.69. The summed E-state index contributed by atoms with van der Waals surface area (Å²) in [6.45, 7) is 2.73. The lowest BCUT2D eigenvalue weighted by Gasteiger charge is -2.36. The highest BCUT2D eigenvalue weighted by atomic mass is 16.5. The number of carboxylic acids is 1. The molecule has 2 atom stereocenters. The topological polar surface area (TPSA) is 72.6 Å². The molecule has 0 radical (unpaired) electrons. The third-order valence-corrected chi connectivity index (χ3v) is 2.85. The Labute approximate surface area is 78.1 Å². The van der Waals surface area contributed by atoms with Crippen LogP contribution in [0, 0.1) is 5.41 Å². The molecule has 0 spiro atoms. The molecule has 2 unspecified atom stereocenters. The monoisotopic (exact) mass is 187 g/mol. The van der Waals surface area contributed by atoms with Gasteiger partial charge < -0.3 is 15.6 Å². The summed E-state index contributed by atoms with van der Waals surface area (Å²) in [5.41, 5.74) is 4.78. The molecule has 0 aliphatic carbocycles. The number of carbonyl (C=O) groups is 1. The molecule has 0 saturated carbocycles. The average Bonchev–Trinajstić information content (AvgIpc) is 2.17. The van der Waals surface area contributed by atoms with E-state index in [0.29, 0.717) is 19.4 Å². The van der Waals surface area contributed by atoms with Gasteiger partial charge in [0.15, 0.2) is 0 Å². The van der Waals surface area contributed by atoms with Crippen molar-refractivity contribution >= 4 is 5.97 Å². The molecule has 0 aromatic heterocycles. The summed E-state index contributed by atoms with van der Waals surface area (Å²) in [6.07, 6.45) is 2.01. The number of hydrogen-bond donors (Lipinski definition) is 2. The first-order chi connectivity index (χ1) is 6.14. The summed E-state index contributed by atoms with van der Waals surface area (Å²) in [5.74, 6) is -0.781. The zero-order chi connectivity index (χ0) is 9.90. The van der Waals surface area contributed by atoms with Crippen molar-refractivity contribution in [2.24, 2.45) is 11.1 Å². The van der Waals surface area contributed by atoms with Crippen LogP contribution in [-0.4, -0.2) is 30.3 Å². The molecule has 3 N–H and O–H groups in total. The molecule has 1 aliphatic heterocycles. The predicted octanol–water partition coefficient (Wildman–Crippen LogP) is 0.605. The molecule has 4 nitrogen and oxygen atoms in total. The maximum Gasteiger partial charge on any atom is 0.311 e. The van der Waals surface area contributed by atoms with Crippen LogP contribution in [0.2, 0.25) is 0 Å². The van der Waals surface area contributed by atoms with Gasteiger partial charge in [-0.15, -0.1) is 0 Å². The van der Waals surface area contributed by atoms with Crippen LogP contribution in [0.25, 0.3) is 0 Å². The molecule has 13 heavy (non-hydrogen) atoms. The highest BCUT2D eigenvalue weighted by Gasteiger charge is 2.41. The minimum Gasteiger partial charge on any atom is -0.481 e. The molecule has 4 heteroatoms. The maximum absolute atomic E-state index is 11.0. The van der Waals surface area contributed by atoms with Gasteiger partial charge in [-0.05, 0) is 19.3 Å². The smallest absolute Gasteiger partial charge is 0.311 e. The van der Waals surface area contributed by atoms with Gasteiger partial charge >= 0.3 is 5.97 Å². The molecule has 0 bridgehead atoms. The Bertz CT molecular complexity index is 195. The van der Waals surface area contributed by atoms with Crippen LogP contribution in [0.5, 0.6) is 0 Å². The highest BCUT2D eigenvalue weighted by molar-refractivity contribution is 5.75. The van der Waals surface area contributed by atoms with Crippen molar-refractivity contribution in [1.29, 1.82) is 0 Å². The van der Waals surface area contributed by atoms with Gasteiger partial charge in [-0.3, -0.25) is 4.79 Å². The first kappa shape index (κ1) is 10.5. The van der Waals surface area contributed by atoms with Gasteiger partial charge in [0, 0.05) is 13.2 Å². The summed E-state index contributed by atoms with van der Waals surface area (Å²) < 4.78 is 5.42. The fourth-order valence-electron chi connectivity index (χ4n) is 1.75. The molecule has 0 aromatic rings.